The average Bonchev–Trinajstić information content (AvgIpc) is 3.44. The summed E-state index contributed by atoms with van der Waals surface area (Å²) in [7, 11) is 0. The summed E-state index contributed by atoms with van der Waals surface area (Å²) in [5.41, 5.74) is 2.19. The highest BCUT2D eigenvalue weighted by Crippen LogP contribution is 2.41. The molecule has 6 nitrogen and oxygen atoms in total. The highest BCUT2D eigenvalue weighted by molar-refractivity contribution is 5.49. The molecule has 0 N–H and O–H groups in total. The zero-order valence-corrected chi connectivity index (χ0v) is 17.8. The fourth-order valence-corrected chi connectivity index (χ4v) is 4.23. The molecule has 164 valence electrons. The number of benzene rings is 2. The predicted molar refractivity (Wildman–Crippen MR) is 114 cm³/mol. The summed E-state index contributed by atoms with van der Waals surface area (Å²) in [6.07, 6.45) is 1.75. The van der Waals surface area contributed by atoms with Crippen LogP contribution in [0.2, 0.25) is 0 Å². The van der Waals surface area contributed by atoms with E-state index in [1.807, 2.05) is 86.7 Å². The zero-order valence-electron chi connectivity index (χ0n) is 17.8. The summed E-state index contributed by atoms with van der Waals surface area (Å²) in [5, 5.41) is 0. The standard InChI is InChI=1S/C25H28O6/c1-25(2)30-23-22(27-15-18-11-7-4-8-12-18)21(29-24(23)31-25)19-16-26-20(28-19)14-13-17-9-5-3-6-10-17/h3-14,19-24H,15-16H2,1-2H3/b14-13+/t19-,20+,21-,22+,23-,24-/m1/s1. The van der Waals surface area contributed by atoms with Gasteiger partial charge >= 0.3 is 0 Å². The Kier molecular flexibility index (Phi) is 5.93. The van der Waals surface area contributed by atoms with Crippen LogP contribution in [0.25, 0.3) is 6.08 Å². The van der Waals surface area contributed by atoms with Crippen LogP contribution in [0.5, 0.6) is 0 Å². The summed E-state index contributed by atoms with van der Waals surface area (Å²) in [4.78, 5) is 0. The van der Waals surface area contributed by atoms with Crippen LogP contribution in [0.4, 0.5) is 0 Å². The third-order valence-corrected chi connectivity index (χ3v) is 5.66. The molecule has 3 aliphatic heterocycles. The van der Waals surface area contributed by atoms with Gasteiger partial charge in [-0.1, -0.05) is 66.7 Å². The summed E-state index contributed by atoms with van der Waals surface area (Å²) in [6.45, 7) is 4.65. The molecule has 0 bridgehead atoms. The molecule has 0 spiro atoms. The third kappa shape index (κ3) is 4.75. The maximum Gasteiger partial charge on any atom is 0.190 e. The topological polar surface area (TPSA) is 55.4 Å². The average molecular weight is 424 g/mol. The third-order valence-electron chi connectivity index (χ3n) is 5.66. The normalized spacial score (nSPS) is 34.4. The van der Waals surface area contributed by atoms with Gasteiger partial charge in [-0.15, -0.1) is 0 Å². The van der Waals surface area contributed by atoms with E-state index in [9.17, 15) is 0 Å². The smallest absolute Gasteiger partial charge is 0.190 e. The van der Waals surface area contributed by atoms with E-state index in [0.717, 1.165) is 11.1 Å². The highest BCUT2D eigenvalue weighted by atomic mass is 16.8. The molecule has 5 rings (SSSR count). The van der Waals surface area contributed by atoms with Crippen LogP contribution in [-0.4, -0.2) is 49.4 Å². The molecule has 0 aromatic heterocycles. The van der Waals surface area contributed by atoms with E-state index >= 15 is 0 Å². The van der Waals surface area contributed by atoms with Crippen molar-refractivity contribution >= 4 is 6.08 Å². The Hall–Kier alpha value is -2.06. The van der Waals surface area contributed by atoms with Crippen LogP contribution in [-0.2, 0) is 35.0 Å². The minimum atomic E-state index is -0.706. The van der Waals surface area contributed by atoms with Crippen LogP contribution in [0.15, 0.2) is 66.7 Å². The largest absolute Gasteiger partial charge is 0.368 e. The maximum atomic E-state index is 6.30. The second-order valence-electron chi connectivity index (χ2n) is 8.48. The van der Waals surface area contributed by atoms with Gasteiger partial charge < -0.3 is 28.4 Å². The Morgan fingerprint density at radius 2 is 1.68 bits per heavy atom. The minimum Gasteiger partial charge on any atom is -0.368 e. The van der Waals surface area contributed by atoms with Crippen LogP contribution in [0, 0.1) is 0 Å². The van der Waals surface area contributed by atoms with Gasteiger partial charge in [0.15, 0.2) is 18.4 Å². The Labute approximate surface area is 182 Å². The molecular formula is C25H28O6. The van der Waals surface area contributed by atoms with Gasteiger partial charge in [0.05, 0.1) is 13.2 Å². The lowest BCUT2D eigenvalue weighted by molar-refractivity contribution is -0.231. The highest BCUT2D eigenvalue weighted by Gasteiger charge is 2.58. The van der Waals surface area contributed by atoms with Crippen molar-refractivity contribution in [2.45, 2.75) is 63.2 Å². The maximum absolute atomic E-state index is 6.30. The molecule has 3 aliphatic rings. The number of hydrogen-bond donors (Lipinski definition) is 0. The van der Waals surface area contributed by atoms with Crippen LogP contribution in [0.1, 0.15) is 25.0 Å². The van der Waals surface area contributed by atoms with Gasteiger partial charge in [0.1, 0.15) is 24.4 Å². The molecular weight excluding hydrogens is 396 g/mol. The van der Waals surface area contributed by atoms with E-state index in [2.05, 4.69) is 0 Å². The van der Waals surface area contributed by atoms with Crippen molar-refractivity contribution in [1.82, 2.24) is 0 Å². The van der Waals surface area contributed by atoms with E-state index < -0.39 is 18.4 Å². The van der Waals surface area contributed by atoms with E-state index in [0.29, 0.717) is 13.2 Å². The summed E-state index contributed by atoms with van der Waals surface area (Å²) >= 11 is 0. The summed E-state index contributed by atoms with van der Waals surface area (Å²) in [6, 6.07) is 20.1. The lowest BCUT2D eigenvalue weighted by Gasteiger charge is -2.28. The van der Waals surface area contributed by atoms with Crippen molar-refractivity contribution in [2.75, 3.05) is 6.61 Å². The molecule has 2 aromatic rings. The van der Waals surface area contributed by atoms with Gasteiger partial charge in [0, 0.05) is 0 Å². The molecule has 0 radical (unpaired) electrons. The second kappa shape index (κ2) is 8.82. The van der Waals surface area contributed by atoms with Gasteiger partial charge in [-0.3, -0.25) is 0 Å². The quantitative estimate of drug-likeness (QED) is 0.701. The van der Waals surface area contributed by atoms with E-state index in [1.165, 1.54) is 0 Å². The van der Waals surface area contributed by atoms with Gasteiger partial charge in [0.2, 0.25) is 0 Å². The van der Waals surface area contributed by atoms with Gasteiger partial charge in [-0.2, -0.15) is 0 Å². The minimum absolute atomic E-state index is 0.271. The van der Waals surface area contributed by atoms with Crippen LogP contribution in [0.3, 0.4) is 0 Å². The van der Waals surface area contributed by atoms with Crippen molar-refractivity contribution in [3.8, 4) is 0 Å². The molecule has 2 aromatic carbocycles. The first-order valence-corrected chi connectivity index (χ1v) is 10.7. The predicted octanol–water partition coefficient (Wildman–Crippen LogP) is 3.90. The van der Waals surface area contributed by atoms with Gasteiger partial charge in [-0.05, 0) is 31.1 Å². The molecule has 3 heterocycles. The van der Waals surface area contributed by atoms with Crippen LogP contribution < -0.4 is 0 Å². The molecule has 0 aliphatic carbocycles. The van der Waals surface area contributed by atoms with Crippen LogP contribution >= 0.6 is 0 Å². The Balaban J connectivity index is 1.26. The Morgan fingerprint density at radius 3 is 2.45 bits per heavy atom. The zero-order chi connectivity index (χ0) is 21.3. The number of fused-ring (bicyclic) bond motifs is 1. The first kappa shape index (κ1) is 20.8. The molecule has 0 amide bonds. The molecule has 0 unspecified atom stereocenters. The van der Waals surface area contributed by atoms with Crippen molar-refractivity contribution in [3.05, 3.63) is 77.9 Å². The lowest BCUT2D eigenvalue weighted by atomic mass is 10.1. The van der Waals surface area contributed by atoms with Crippen molar-refractivity contribution in [1.29, 1.82) is 0 Å². The first-order chi connectivity index (χ1) is 15.1. The fraction of sp³-hybridized carbons (Fsp3) is 0.440. The van der Waals surface area contributed by atoms with E-state index in [-0.39, 0.29) is 24.4 Å². The van der Waals surface area contributed by atoms with Crippen molar-refractivity contribution in [3.63, 3.8) is 0 Å². The second-order valence-corrected chi connectivity index (χ2v) is 8.48. The Bertz CT molecular complexity index is 883. The summed E-state index contributed by atoms with van der Waals surface area (Å²) in [5.74, 6) is -0.706. The van der Waals surface area contributed by atoms with Crippen molar-refractivity contribution in [2.24, 2.45) is 0 Å². The molecule has 6 heteroatoms. The fourth-order valence-electron chi connectivity index (χ4n) is 4.23. The van der Waals surface area contributed by atoms with E-state index in [4.69, 9.17) is 28.4 Å². The van der Waals surface area contributed by atoms with Gasteiger partial charge in [-0.25, -0.2) is 0 Å². The monoisotopic (exact) mass is 424 g/mol. The molecule has 0 saturated carbocycles. The Morgan fingerprint density at radius 1 is 0.935 bits per heavy atom. The SMILES string of the molecule is CC1(C)O[C@H]2O[C@H]([C@H]3CO[C@H](/C=C/c4ccccc4)O3)[C@H](OCc3ccccc3)[C@H]2O1. The lowest BCUT2D eigenvalue weighted by Crippen LogP contribution is -2.43. The molecule has 3 fully saturated rings. The molecule has 31 heavy (non-hydrogen) atoms. The van der Waals surface area contributed by atoms with Gasteiger partial charge in [0.25, 0.3) is 0 Å². The van der Waals surface area contributed by atoms with E-state index in [1.54, 1.807) is 0 Å². The first-order valence-electron chi connectivity index (χ1n) is 10.7. The summed E-state index contributed by atoms with van der Waals surface area (Å²) < 4.78 is 36.6. The molecule has 3 saturated heterocycles. The number of rotatable bonds is 6. The molecule has 6 atom stereocenters. The number of hydrogen-bond acceptors (Lipinski definition) is 6. The van der Waals surface area contributed by atoms with Crippen molar-refractivity contribution < 1.29 is 28.4 Å². The number of ether oxygens (including phenoxy) is 6.